The number of unbranched alkanes of at least 4 members (excludes halogenated alkanes) is 6. The van der Waals surface area contributed by atoms with Gasteiger partial charge in [0.25, 0.3) is 0 Å². The molecule has 0 aliphatic carbocycles. The van der Waals surface area contributed by atoms with Gasteiger partial charge in [-0.15, -0.1) is 0 Å². The molecule has 1 N–H and O–H groups in total. The largest absolute Gasteiger partial charge is 0.312 e. The van der Waals surface area contributed by atoms with E-state index in [0.29, 0.717) is 0 Å². The van der Waals surface area contributed by atoms with Crippen LogP contribution in [-0.4, -0.2) is 12.1 Å². The first-order valence-electron chi connectivity index (χ1n) is 7.59. The molecule has 0 saturated carbocycles. The van der Waals surface area contributed by atoms with E-state index in [1.807, 2.05) is 0 Å². The van der Waals surface area contributed by atoms with Crippen LogP contribution in [0.15, 0.2) is 0 Å². The molecule has 1 fully saturated rings. The third-order valence-corrected chi connectivity index (χ3v) is 3.87. The Kier molecular flexibility index (Phi) is 7.92. The van der Waals surface area contributed by atoms with Gasteiger partial charge in [0, 0.05) is 12.1 Å². The summed E-state index contributed by atoms with van der Waals surface area (Å²) in [7, 11) is 0. The zero-order chi connectivity index (χ0) is 11.6. The summed E-state index contributed by atoms with van der Waals surface area (Å²) in [5.41, 5.74) is 0. The Hall–Kier alpha value is -0.0400. The van der Waals surface area contributed by atoms with Crippen molar-refractivity contribution < 1.29 is 0 Å². The summed E-state index contributed by atoms with van der Waals surface area (Å²) in [6, 6.07) is 1.60. The number of hydrogen-bond acceptors (Lipinski definition) is 1. The lowest BCUT2D eigenvalue weighted by molar-refractivity contribution is 0.314. The first-order valence-corrected chi connectivity index (χ1v) is 7.59. The highest BCUT2D eigenvalue weighted by atomic mass is 15.0. The summed E-state index contributed by atoms with van der Waals surface area (Å²) in [5, 5.41) is 3.73. The molecular formula is C15H31N. The molecule has 0 radical (unpaired) electrons. The lowest BCUT2D eigenvalue weighted by Crippen LogP contribution is -2.40. The van der Waals surface area contributed by atoms with Crippen molar-refractivity contribution >= 4 is 0 Å². The summed E-state index contributed by atoms with van der Waals surface area (Å²) < 4.78 is 0. The van der Waals surface area contributed by atoms with E-state index in [1.54, 1.807) is 0 Å². The fourth-order valence-electron chi connectivity index (χ4n) is 2.81. The monoisotopic (exact) mass is 225 g/mol. The third-order valence-electron chi connectivity index (χ3n) is 3.87. The number of rotatable bonds is 8. The van der Waals surface area contributed by atoms with Crippen LogP contribution in [0.4, 0.5) is 0 Å². The van der Waals surface area contributed by atoms with Crippen LogP contribution in [-0.2, 0) is 0 Å². The van der Waals surface area contributed by atoms with E-state index >= 15 is 0 Å². The minimum Gasteiger partial charge on any atom is -0.312 e. The molecule has 1 saturated heterocycles. The summed E-state index contributed by atoms with van der Waals surface area (Å²) >= 11 is 0. The van der Waals surface area contributed by atoms with Gasteiger partial charge in [-0.2, -0.15) is 0 Å². The van der Waals surface area contributed by atoms with Gasteiger partial charge in [0.1, 0.15) is 0 Å². The third kappa shape index (κ3) is 6.52. The molecule has 0 aromatic rings. The van der Waals surface area contributed by atoms with Crippen molar-refractivity contribution in [2.24, 2.45) is 0 Å². The van der Waals surface area contributed by atoms with E-state index < -0.39 is 0 Å². The second-order valence-electron chi connectivity index (χ2n) is 5.61. The molecule has 1 heterocycles. The van der Waals surface area contributed by atoms with E-state index in [9.17, 15) is 0 Å². The van der Waals surface area contributed by atoms with Gasteiger partial charge >= 0.3 is 0 Å². The van der Waals surface area contributed by atoms with Gasteiger partial charge in [0.05, 0.1) is 0 Å². The molecule has 0 aromatic carbocycles. The van der Waals surface area contributed by atoms with Crippen molar-refractivity contribution in [1.29, 1.82) is 0 Å². The minimum atomic E-state index is 0.767. The smallest absolute Gasteiger partial charge is 0.00695 e. The fraction of sp³-hybridized carbons (Fsp3) is 1.00. The van der Waals surface area contributed by atoms with Crippen molar-refractivity contribution in [3.63, 3.8) is 0 Å². The van der Waals surface area contributed by atoms with Crippen molar-refractivity contribution in [3.05, 3.63) is 0 Å². The van der Waals surface area contributed by atoms with E-state index in [2.05, 4.69) is 19.2 Å². The zero-order valence-corrected chi connectivity index (χ0v) is 11.4. The Morgan fingerprint density at radius 1 is 0.938 bits per heavy atom. The predicted octanol–water partition coefficient (Wildman–Crippen LogP) is 4.66. The molecule has 0 amide bonds. The lowest BCUT2D eigenvalue weighted by Gasteiger charge is -2.28. The van der Waals surface area contributed by atoms with Gasteiger partial charge < -0.3 is 5.32 Å². The van der Waals surface area contributed by atoms with Gasteiger partial charge in [0.2, 0.25) is 0 Å². The molecule has 0 unspecified atom stereocenters. The van der Waals surface area contributed by atoms with Crippen molar-refractivity contribution in [2.45, 2.75) is 96.6 Å². The highest BCUT2D eigenvalue weighted by molar-refractivity contribution is 4.77. The SMILES string of the molecule is CCCCCCCCC[C@@H]1CCC[C@H](C)N1. The van der Waals surface area contributed by atoms with Crippen molar-refractivity contribution in [1.82, 2.24) is 5.32 Å². The Morgan fingerprint density at radius 2 is 1.62 bits per heavy atom. The van der Waals surface area contributed by atoms with Crippen LogP contribution >= 0.6 is 0 Å². The van der Waals surface area contributed by atoms with Crippen LogP contribution in [0.2, 0.25) is 0 Å². The molecular weight excluding hydrogens is 194 g/mol. The Morgan fingerprint density at radius 3 is 2.31 bits per heavy atom. The normalized spacial score (nSPS) is 25.9. The molecule has 0 aromatic heterocycles. The maximum Gasteiger partial charge on any atom is 0.00695 e. The van der Waals surface area contributed by atoms with Gasteiger partial charge in [-0.3, -0.25) is 0 Å². The molecule has 0 spiro atoms. The number of nitrogens with one attached hydrogen (secondary N) is 1. The van der Waals surface area contributed by atoms with Crippen molar-refractivity contribution in [3.8, 4) is 0 Å². The van der Waals surface area contributed by atoms with Gasteiger partial charge in [-0.05, 0) is 26.2 Å². The maximum atomic E-state index is 3.73. The molecule has 2 atom stereocenters. The topological polar surface area (TPSA) is 12.0 Å². The lowest BCUT2D eigenvalue weighted by atomic mass is 9.95. The summed E-state index contributed by atoms with van der Waals surface area (Å²) in [5.74, 6) is 0. The van der Waals surface area contributed by atoms with Gasteiger partial charge in [-0.25, -0.2) is 0 Å². The summed E-state index contributed by atoms with van der Waals surface area (Å²) in [4.78, 5) is 0. The standard InChI is InChI=1S/C15H31N/c1-3-4-5-6-7-8-9-12-15-13-10-11-14(2)16-15/h14-16H,3-13H2,1-2H3/t14-,15+/m0/s1. The second kappa shape index (κ2) is 9.04. The quantitative estimate of drug-likeness (QED) is 0.593. The average molecular weight is 225 g/mol. The van der Waals surface area contributed by atoms with Crippen LogP contribution in [0.1, 0.15) is 84.5 Å². The summed E-state index contributed by atoms with van der Waals surface area (Å²) in [6.07, 6.45) is 15.7. The van der Waals surface area contributed by atoms with Crippen LogP contribution < -0.4 is 5.32 Å². The minimum absolute atomic E-state index is 0.767. The van der Waals surface area contributed by atoms with Crippen LogP contribution in [0, 0.1) is 0 Å². The Bertz CT molecular complexity index is 156. The van der Waals surface area contributed by atoms with Gasteiger partial charge in [0.15, 0.2) is 0 Å². The van der Waals surface area contributed by atoms with Crippen LogP contribution in [0.3, 0.4) is 0 Å². The predicted molar refractivity (Wildman–Crippen MR) is 72.8 cm³/mol. The number of hydrogen-bond donors (Lipinski definition) is 1. The molecule has 96 valence electrons. The van der Waals surface area contributed by atoms with Crippen molar-refractivity contribution in [2.75, 3.05) is 0 Å². The first-order chi connectivity index (χ1) is 7.83. The van der Waals surface area contributed by atoms with Crippen LogP contribution in [0.25, 0.3) is 0 Å². The van der Waals surface area contributed by atoms with E-state index in [1.165, 1.54) is 70.6 Å². The second-order valence-corrected chi connectivity index (χ2v) is 5.61. The molecule has 1 heteroatoms. The van der Waals surface area contributed by atoms with E-state index in [4.69, 9.17) is 0 Å². The molecule has 1 rings (SSSR count). The van der Waals surface area contributed by atoms with Crippen LogP contribution in [0.5, 0.6) is 0 Å². The average Bonchev–Trinajstić information content (AvgIpc) is 2.28. The summed E-state index contributed by atoms with van der Waals surface area (Å²) in [6.45, 7) is 4.62. The number of piperidine rings is 1. The highest BCUT2D eigenvalue weighted by Gasteiger charge is 2.16. The van der Waals surface area contributed by atoms with E-state index in [-0.39, 0.29) is 0 Å². The first kappa shape index (κ1) is 14.0. The zero-order valence-electron chi connectivity index (χ0n) is 11.4. The Labute approximate surface area is 102 Å². The molecule has 1 aliphatic rings. The van der Waals surface area contributed by atoms with Gasteiger partial charge in [-0.1, -0.05) is 58.3 Å². The Balaban J connectivity index is 1.86. The maximum absolute atomic E-state index is 3.73. The molecule has 16 heavy (non-hydrogen) atoms. The highest BCUT2D eigenvalue weighted by Crippen LogP contribution is 2.17. The fourth-order valence-corrected chi connectivity index (χ4v) is 2.81. The molecule has 1 nitrogen and oxygen atoms in total. The molecule has 0 bridgehead atoms. The van der Waals surface area contributed by atoms with E-state index in [0.717, 1.165) is 12.1 Å². The molecule has 1 aliphatic heterocycles.